The molecule has 0 amide bonds. The normalized spacial score (nSPS) is 11.1. The third-order valence-electron chi connectivity index (χ3n) is 2.61. The van der Waals surface area contributed by atoms with Crippen LogP contribution in [-0.2, 0) is 9.59 Å². The molecule has 5 heteroatoms. The van der Waals surface area contributed by atoms with Gasteiger partial charge in [0.1, 0.15) is 16.6 Å². The quantitative estimate of drug-likeness (QED) is 0.684. The van der Waals surface area contributed by atoms with Gasteiger partial charge >= 0.3 is 5.97 Å². The highest BCUT2D eigenvalue weighted by Gasteiger charge is 2.34. The molecule has 0 aliphatic heterocycles. The van der Waals surface area contributed by atoms with Gasteiger partial charge in [0.15, 0.2) is 5.78 Å². The van der Waals surface area contributed by atoms with Crippen LogP contribution in [0.3, 0.4) is 0 Å². The van der Waals surface area contributed by atoms with Crippen LogP contribution in [0.25, 0.3) is 11.2 Å². The van der Waals surface area contributed by atoms with Crippen molar-refractivity contribution in [2.75, 3.05) is 5.88 Å². The standard InChI is InChI=1S/C7H11ClO3.C6H4O/c1-7(2,6(10)11)5(9)3-4-8;1-2-6-4-3-5(1)7-6/h3-4H2,1-2H3,(H,10,11);1-4H. The Morgan fingerprint density at radius 3 is 1.89 bits per heavy atom. The Morgan fingerprint density at radius 2 is 1.67 bits per heavy atom. The molecule has 4 nitrogen and oxygen atoms in total. The third-order valence-corrected chi connectivity index (χ3v) is 2.80. The predicted molar refractivity (Wildman–Crippen MR) is 69.2 cm³/mol. The minimum Gasteiger partial charge on any atom is -0.481 e. The maximum absolute atomic E-state index is 11.0. The maximum Gasteiger partial charge on any atom is 0.316 e. The molecule has 0 atom stereocenters. The van der Waals surface area contributed by atoms with Crippen molar-refractivity contribution in [3.05, 3.63) is 24.3 Å². The Balaban J connectivity index is 0.000000194. The zero-order valence-electron chi connectivity index (χ0n) is 10.3. The zero-order valence-corrected chi connectivity index (χ0v) is 11.0. The molecular weight excluding hydrogens is 256 g/mol. The number of halogens is 1. The number of carboxylic acids is 1. The van der Waals surface area contributed by atoms with E-state index < -0.39 is 11.4 Å². The van der Waals surface area contributed by atoms with Gasteiger partial charge in [-0.1, -0.05) is 0 Å². The molecule has 0 radical (unpaired) electrons. The Bertz CT molecular complexity index is 470. The first kappa shape index (κ1) is 14.5. The third kappa shape index (κ3) is 3.47. The number of carbonyl (C=O) groups excluding carboxylic acids is 1. The van der Waals surface area contributed by atoms with Gasteiger partial charge < -0.3 is 9.52 Å². The fourth-order valence-electron chi connectivity index (χ4n) is 1.23. The minimum absolute atomic E-state index is 0.112. The van der Waals surface area contributed by atoms with Crippen molar-refractivity contribution in [1.82, 2.24) is 0 Å². The SMILES string of the molecule is CC(C)(C(=O)O)C(=O)CCCl.c1cc2ccc1o2. The van der Waals surface area contributed by atoms with Crippen molar-refractivity contribution < 1.29 is 19.1 Å². The number of hydrogen-bond donors (Lipinski definition) is 1. The summed E-state index contributed by atoms with van der Waals surface area (Å²) >= 11 is 5.29. The van der Waals surface area contributed by atoms with E-state index in [2.05, 4.69) is 0 Å². The van der Waals surface area contributed by atoms with E-state index in [9.17, 15) is 9.59 Å². The summed E-state index contributed by atoms with van der Waals surface area (Å²) < 4.78 is 5.08. The highest BCUT2D eigenvalue weighted by molar-refractivity contribution is 6.19. The lowest BCUT2D eigenvalue weighted by Gasteiger charge is -2.15. The summed E-state index contributed by atoms with van der Waals surface area (Å²) in [5.74, 6) is -1.26. The van der Waals surface area contributed by atoms with Crippen LogP contribution in [0.5, 0.6) is 0 Å². The summed E-state index contributed by atoms with van der Waals surface area (Å²) in [7, 11) is 0. The van der Waals surface area contributed by atoms with Gasteiger partial charge in [-0.2, -0.15) is 0 Å². The van der Waals surface area contributed by atoms with E-state index in [4.69, 9.17) is 21.1 Å². The molecule has 0 spiro atoms. The topological polar surface area (TPSA) is 67.5 Å². The first-order valence-corrected chi connectivity index (χ1v) is 6.02. The van der Waals surface area contributed by atoms with Gasteiger partial charge in [-0.3, -0.25) is 9.59 Å². The molecule has 1 N–H and O–H groups in total. The van der Waals surface area contributed by atoms with Crippen LogP contribution in [0.15, 0.2) is 28.7 Å². The average Bonchev–Trinajstić information content (AvgIpc) is 2.94. The predicted octanol–water partition coefficient (Wildman–Crippen LogP) is 3.17. The lowest BCUT2D eigenvalue weighted by Crippen LogP contribution is -2.33. The molecule has 2 aromatic rings. The zero-order chi connectivity index (χ0) is 13.8. The van der Waals surface area contributed by atoms with Crippen LogP contribution in [0.1, 0.15) is 20.3 Å². The van der Waals surface area contributed by atoms with E-state index in [1.807, 2.05) is 24.3 Å². The summed E-state index contributed by atoms with van der Waals surface area (Å²) in [4.78, 5) is 21.5. The smallest absolute Gasteiger partial charge is 0.316 e. The Morgan fingerprint density at radius 1 is 1.22 bits per heavy atom. The Labute approximate surface area is 110 Å². The maximum atomic E-state index is 11.0. The number of Topliss-reactive ketones (excluding diaryl/α,β-unsaturated/α-hetero) is 1. The molecule has 2 bridgehead atoms. The highest BCUT2D eigenvalue weighted by atomic mass is 35.5. The number of carbonyl (C=O) groups is 2. The average molecular weight is 271 g/mol. The molecule has 0 unspecified atom stereocenters. The summed E-state index contributed by atoms with van der Waals surface area (Å²) in [5.41, 5.74) is 0.638. The molecular formula is C13H15ClO4. The Hall–Kier alpha value is -1.55. The van der Waals surface area contributed by atoms with E-state index in [1.165, 1.54) is 13.8 Å². The van der Waals surface area contributed by atoms with Gasteiger partial charge in [-0.15, -0.1) is 11.6 Å². The number of furan rings is 2. The first-order valence-electron chi connectivity index (χ1n) is 5.48. The van der Waals surface area contributed by atoms with Crippen molar-refractivity contribution in [2.24, 2.45) is 5.41 Å². The van der Waals surface area contributed by atoms with Crippen molar-refractivity contribution >= 4 is 34.5 Å². The lowest BCUT2D eigenvalue weighted by atomic mass is 9.87. The van der Waals surface area contributed by atoms with Gasteiger partial charge in [0.05, 0.1) is 0 Å². The Kier molecular flexibility index (Phi) is 4.73. The number of ketones is 1. The minimum atomic E-state index is -1.30. The second-order valence-corrected chi connectivity index (χ2v) is 4.74. The summed E-state index contributed by atoms with van der Waals surface area (Å²) in [6.45, 7) is 2.76. The molecule has 0 aliphatic carbocycles. The molecule has 0 aromatic carbocycles. The second-order valence-electron chi connectivity index (χ2n) is 4.37. The molecule has 0 saturated carbocycles. The van der Waals surface area contributed by atoms with E-state index in [0.717, 1.165) is 11.2 Å². The van der Waals surface area contributed by atoms with Crippen LogP contribution >= 0.6 is 11.6 Å². The van der Waals surface area contributed by atoms with Crippen LogP contribution in [-0.4, -0.2) is 22.7 Å². The summed E-state index contributed by atoms with van der Waals surface area (Å²) in [6, 6.07) is 7.81. The van der Waals surface area contributed by atoms with Gasteiger partial charge in [-0.25, -0.2) is 0 Å². The number of alkyl halides is 1. The van der Waals surface area contributed by atoms with E-state index >= 15 is 0 Å². The summed E-state index contributed by atoms with van der Waals surface area (Å²) in [6.07, 6.45) is 0.112. The van der Waals surface area contributed by atoms with E-state index in [1.54, 1.807) is 0 Å². The van der Waals surface area contributed by atoms with E-state index in [0.29, 0.717) is 0 Å². The first-order chi connectivity index (χ1) is 8.37. The number of rotatable bonds is 4. The number of fused-ring (bicyclic) bond motifs is 2. The molecule has 98 valence electrons. The van der Waals surface area contributed by atoms with Crippen molar-refractivity contribution in [1.29, 1.82) is 0 Å². The monoisotopic (exact) mass is 270 g/mol. The van der Waals surface area contributed by atoms with Crippen LogP contribution in [0, 0.1) is 5.41 Å². The van der Waals surface area contributed by atoms with E-state index in [-0.39, 0.29) is 18.1 Å². The molecule has 18 heavy (non-hydrogen) atoms. The summed E-state index contributed by atoms with van der Waals surface area (Å²) in [5, 5.41) is 8.57. The second kappa shape index (κ2) is 5.87. The van der Waals surface area contributed by atoms with Gasteiger partial charge in [-0.05, 0) is 38.1 Å². The number of benzene rings is 1. The molecule has 0 aliphatic rings. The van der Waals surface area contributed by atoms with Gasteiger partial charge in [0.2, 0.25) is 0 Å². The van der Waals surface area contributed by atoms with Crippen molar-refractivity contribution in [2.45, 2.75) is 20.3 Å². The van der Waals surface area contributed by atoms with Gasteiger partial charge in [0.25, 0.3) is 0 Å². The number of carboxylic acid groups (broad SMARTS) is 1. The van der Waals surface area contributed by atoms with Crippen molar-refractivity contribution in [3.63, 3.8) is 0 Å². The molecule has 2 aromatic heterocycles. The number of aliphatic carboxylic acids is 1. The fourth-order valence-corrected chi connectivity index (χ4v) is 1.40. The number of hydrogen-bond acceptors (Lipinski definition) is 3. The molecule has 2 rings (SSSR count). The molecule has 2 heterocycles. The molecule has 0 fully saturated rings. The van der Waals surface area contributed by atoms with Crippen LogP contribution in [0.2, 0.25) is 0 Å². The molecule has 0 saturated heterocycles. The van der Waals surface area contributed by atoms with Crippen molar-refractivity contribution in [3.8, 4) is 0 Å². The van der Waals surface area contributed by atoms with Gasteiger partial charge in [0, 0.05) is 12.3 Å². The van der Waals surface area contributed by atoms with Crippen LogP contribution in [0.4, 0.5) is 0 Å². The van der Waals surface area contributed by atoms with Crippen LogP contribution < -0.4 is 0 Å². The lowest BCUT2D eigenvalue weighted by molar-refractivity contribution is -0.152. The largest absolute Gasteiger partial charge is 0.481 e. The fraction of sp³-hybridized carbons (Fsp3) is 0.385. The highest BCUT2D eigenvalue weighted by Crippen LogP contribution is 2.18.